The van der Waals surface area contributed by atoms with Crippen molar-refractivity contribution in [3.8, 4) is 5.75 Å². The number of para-hydroxylation sites is 1. The van der Waals surface area contributed by atoms with E-state index in [2.05, 4.69) is 20.9 Å². The number of thioether (sulfide) groups is 1. The lowest BCUT2D eigenvalue weighted by molar-refractivity contribution is -0.142. The summed E-state index contributed by atoms with van der Waals surface area (Å²) in [5, 5.41) is 28.3. The van der Waals surface area contributed by atoms with Crippen LogP contribution in [-0.4, -0.2) is 75.1 Å². The van der Waals surface area contributed by atoms with E-state index >= 15 is 0 Å². The van der Waals surface area contributed by atoms with Gasteiger partial charge in [0.05, 0.1) is 6.04 Å². The second-order valence-corrected chi connectivity index (χ2v) is 11.6. The van der Waals surface area contributed by atoms with Crippen molar-refractivity contribution in [3.63, 3.8) is 0 Å². The Hall–Kier alpha value is -4.03. The number of carboxylic acids is 1. The van der Waals surface area contributed by atoms with Crippen LogP contribution in [0, 0.1) is 5.92 Å². The number of carboxylic acid groups (broad SMARTS) is 1. The lowest BCUT2D eigenvalue weighted by atomic mass is 9.98. The molecule has 0 aliphatic rings. The molecule has 0 bridgehead atoms. The number of aromatic amines is 1. The summed E-state index contributed by atoms with van der Waals surface area (Å²) < 4.78 is 0. The Morgan fingerprint density at radius 1 is 0.907 bits per heavy atom. The van der Waals surface area contributed by atoms with Crippen molar-refractivity contribution in [2.75, 3.05) is 12.0 Å². The van der Waals surface area contributed by atoms with E-state index in [0.29, 0.717) is 17.7 Å². The fraction of sp³-hybridized carbons (Fsp3) is 0.419. The monoisotopic (exact) mass is 611 g/mol. The Kier molecular flexibility index (Phi) is 12.4. The van der Waals surface area contributed by atoms with E-state index in [1.54, 1.807) is 18.3 Å². The summed E-state index contributed by atoms with van der Waals surface area (Å²) in [5.74, 6) is -2.54. The number of benzene rings is 2. The van der Waals surface area contributed by atoms with Crippen LogP contribution in [0.2, 0.25) is 0 Å². The molecular weight excluding hydrogens is 570 g/mol. The predicted octanol–water partition coefficient (Wildman–Crippen LogP) is 2.32. The van der Waals surface area contributed by atoms with Crippen molar-refractivity contribution >= 4 is 46.4 Å². The first-order valence-electron chi connectivity index (χ1n) is 14.2. The van der Waals surface area contributed by atoms with Gasteiger partial charge in [0.15, 0.2) is 0 Å². The number of hydrogen-bond donors (Lipinski definition) is 7. The zero-order valence-electron chi connectivity index (χ0n) is 24.6. The molecule has 232 valence electrons. The average molecular weight is 612 g/mol. The highest BCUT2D eigenvalue weighted by Crippen LogP contribution is 2.20. The minimum Gasteiger partial charge on any atom is -0.508 e. The Morgan fingerprint density at radius 3 is 2.14 bits per heavy atom. The molecule has 2 aromatic carbocycles. The SMILES string of the molecule is CCC(C)C(N)C(=O)NC(Cc1c[nH]c2ccccc12)C(=O)NC(Cc1ccc(O)cc1)C(=O)NC(CCSC)C(=O)O. The summed E-state index contributed by atoms with van der Waals surface area (Å²) in [6, 6.07) is 9.48. The van der Waals surface area contributed by atoms with Gasteiger partial charge in [-0.15, -0.1) is 0 Å². The third-order valence-electron chi connectivity index (χ3n) is 7.53. The van der Waals surface area contributed by atoms with Crippen LogP contribution in [0.3, 0.4) is 0 Å². The number of hydrogen-bond acceptors (Lipinski definition) is 7. The molecule has 0 fully saturated rings. The number of nitrogens with one attached hydrogen (secondary N) is 4. The van der Waals surface area contributed by atoms with E-state index in [1.165, 1.54) is 23.9 Å². The van der Waals surface area contributed by atoms with Gasteiger partial charge in [-0.3, -0.25) is 14.4 Å². The minimum atomic E-state index is -1.18. The zero-order chi connectivity index (χ0) is 31.5. The van der Waals surface area contributed by atoms with Gasteiger partial charge in [0.1, 0.15) is 23.9 Å². The smallest absolute Gasteiger partial charge is 0.326 e. The molecular formula is C31H41N5O6S. The van der Waals surface area contributed by atoms with Crippen LogP contribution >= 0.6 is 11.8 Å². The number of H-pyrrole nitrogens is 1. The van der Waals surface area contributed by atoms with Gasteiger partial charge >= 0.3 is 5.97 Å². The highest BCUT2D eigenvalue weighted by atomic mass is 32.2. The van der Waals surface area contributed by atoms with Gasteiger partial charge in [-0.25, -0.2) is 4.79 Å². The average Bonchev–Trinajstić information content (AvgIpc) is 3.41. The number of rotatable bonds is 16. The molecule has 0 aliphatic heterocycles. The summed E-state index contributed by atoms with van der Waals surface area (Å²) in [6.45, 7) is 3.77. The van der Waals surface area contributed by atoms with Gasteiger partial charge in [0.25, 0.3) is 0 Å². The molecule has 1 heterocycles. The topological polar surface area (TPSA) is 187 Å². The predicted molar refractivity (Wildman–Crippen MR) is 168 cm³/mol. The number of amides is 3. The molecule has 0 radical (unpaired) electrons. The highest BCUT2D eigenvalue weighted by molar-refractivity contribution is 7.98. The normalized spacial score (nSPS) is 14.7. The molecule has 12 heteroatoms. The van der Waals surface area contributed by atoms with Crippen LogP contribution in [0.4, 0.5) is 0 Å². The molecule has 8 N–H and O–H groups in total. The van der Waals surface area contributed by atoms with E-state index in [0.717, 1.165) is 16.5 Å². The number of aliphatic carboxylic acids is 1. The molecule has 3 rings (SSSR count). The maximum atomic E-state index is 13.8. The summed E-state index contributed by atoms with van der Waals surface area (Å²) in [4.78, 5) is 55.4. The lowest BCUT2D eigenvalue weighted by Crippen LogP contribution is -2.58. The van der Waals surface area contributed by atoms with Gasteiger partial charge in [0.2, 0.25) is 17.7 Å². The van der Waals surface area contributed by atoms with Crippen molar-refractivity contribution < 1.29 is 29.4 Å². The Balaban J connectivity index is 1.90. The first-order valence-corrected chi connectivity index (χ1v) is 15.6. The molecule has 3 aromatic rings. The van der Waals surface area contributed by atoms with Crippen molar-refractivity contribution in [1.29, 1.82) is 0 Å². The van der Waals surface area contributed by atoms with Crippen LogP contribution < -0.4 is 21.7 Å². The minimum absolute atomic E-state index is 0.0207. The van der Waals surface area contributed by atoms with E-state index in [1.807, 2.05) is 44.4 Å². The van der Waals surface area contributed by atoms with Crippen LogP contribution in [0.5, 0.6) is 5.75 Å². The van der Waals surface area contributed by atoms with Gasteiger partial charge in [-0.1, -0.05) is 50.6 Å². The molecule has 3 amide bonds. The molecule has 1 aromatic heterocycles. The van der Waals surface area contributed by atoms with Crippen molar-refractivity contribution in [2.45, 2.75) is 63.7 Å². The summed E-state index contributed by atoms with van der Waals surface area (Å²) in [6.07, 6.45) is 4.62. The second kappa shape index (κ2) is 16.0. The summed E-state index contributed by atoms with van der Waals surface area (Å²) in [5.41, 5.74) is 8.47. The van der Waals surface area contributed by atoms with Gasteiger partial charge in [-0.2, -0.15) is 11.8 Å². The molecule has 43 heavy (non-hydrogen) atoms. The van der Waals surface area contributed by atoms with Crippen molar-refractivity contribution in [3.05, 3.63) is 65.9 Å². The van der Waals surface area contributed by atoms with Crippen LogP contribution in [-0.2, 0) is 32.0 Å². The Morgan fingerprint density at radius 2 is 1.51 bits per heavy atom. The van der Waals surface area contributed by atoms with E-state index in [4.69, 9.17) is 5.73 Å². The summed E-state index contributed by atoms with van der Waals surface area (Å²) in [7, 11) is 0. The number of phenolic OH excluding ortho intramolecular Hbond substituents is 1. The highest BCUT2D eigenvalue weighted by Gasteiger charge is 2.31. The number of aromatic nitrogens is 1. The van der Waals surface area contributed by atoms with Gasteiger partial charge < -0.3 is 36.9 Å². The number of fused-ring (bicyclic) bond motifs is 1. The van der Waals surface area contributed by atoms with Crippen LogP contribution in [0.15, 0.2) is 54.7 Å². The quantitative estimate of drug-likeness (QED) is 0.129. The molecule has 5 atom stereocenters. The first-order chi connectivity index (χ1) is 20.5. The number of nitrogens with two attached hydrogens (primary N) is 1. The lowest BCUT2D eigenvalue weighted by Gasteiger charge is -2.26. The fourth-order valence-corrected chi connectivity index (χ4v) is 5.10. The number of carbonyl (C=O) groups excluding carboxylic acids is 3. The van der Waals surface area contributed by atoms with Gasteiger partial charge in [-0.05, 0) is 53.7 Å². The Bertz CT molecular complexity index is 1390. The molecule has 0 spiro atoms. The molecule has 0 saturated heterocycles. The van der Waals surface area contributed by atoms with E-state index < -0.39 is 47.9 Å². The van der Waals surface area contributed by atoms with Crippen LogP contribution in [0.25, 0.3) is 10.9 Å². The largest absolute Gasteiger partial charge is 0.508 e. The van der Waals surface area contributed by atoms with Crippen molar-refractivity contribution in [1.82, 2.24) is 20.9 Å². The van der Waals surface area contributed by atoms with Crippen molar-refractivity contribution in [2.24, 2.45) is 11.7 Å². The second-order valence-electron chi connectivity index (χ2n) is 10.6. The van der Waals surface area contributed by atoms with Crippen LogP contribution in [0.1, 0.15) is 37.8 Å². The standard InChI is InChI=1S/C31H41N5O6S/c1-4-18(2)27(32)30(40)36-26(16-20-17-33-23-8-6-5-7-22(20)23)29(39)35-25(15-19-9-11-21(37)12-10-19)28(38)34-24(31(41)42)13-14-43-3/h5-12,17-18,24-27,33,37H,4,13-16,32H2,1-3H3,(H,34,38)(H,35,39)(H,36,40)(H,41,42). The van der Waals surface area contributed by atoms with E-state index in [-0.39, 0.29) is 30.9 Å². The third kappa shape index (κ3) is 9.48. The zero-order valence-corrected chi connectivity index (χ0v) is 25.4. The maximum absolute atomic E-state index is 13.8. The molecule has 11 nitrogen and oxygen atoms in total. The number of carbonyl (C=O) groups is 4. The molecule has 5 unspecified atom stereocenters. The molecule has 0 saturated carbocycles. The Labute approximate surface area is 255 Å². The maximum Gasteiger partial charge on any atom is 0.326 e. The molecule has 0 aliphatic carbocycles. The third-order valence-corrected chi connectivity index (χ3v) is 8.17. The van der Waals surface area contributed by atoms with E-state index in [9.17, 15) is 29.4 Å². The summed E-state index contributed by atoms with van der Waals surface area (Å²) >= 11 is 1.45. The fourth-order valence-electron chi connectivity index (χ4n) is 4.62. The van der Waals surface area contributed by atoms with Gasteiger partial charge in [0, 0.05) is 29.9 Å². The number of aromatic hydroxyl groups is 1. The first kappa shape index (κ1) is 33.5. The number of phenols is 1.